The lowest BCUT2D eigenvalue weighted by molar-refractivity contribution is 0.154. The van der Waals surface area contributed by atoms with Crippen LogP contribution in [0.15, 0.2) is 133 Å². The van der Waals surface area contributed by atoms with Crippen LogP contribution in [-0.2, 0) is 11.2 Å². The number of benzene rings is 6. The van der Waals surface area contributed by atoms with Gasteiger partial charge in [0.1, 0.15) is 34.5 Å². The molecule has 6 aromatic carbocycles. The van der Waals surface area contributed by atoms with Gasteiger partial charge in [-0.05, 0) is 91.8 Å². The van der Waals surface area contributed by atoms with Gasteiger partial charge in [0.15, 0.2) is 11.2 Å². The van der Waals surface area contributed by atoms with E-state index in [4.69, 9.17) is 28.4 Å². The molecule has 8 rings (SSSR count). The van der Waals surface area contributed by atoms with Crippen molar-refractivity contribution in [2.24, 2.45) is 0 Å². The van der Waals surface area contributed by atoms with Crippen molar-refractivity contribution in [1.29, 1.82) is 0 Å². The maximum absolute atomic E-state index is 7.33. The van der Waals surface area contributed by atoms with E-state index in [0.717, 1.165) is 117 Å². The smallest absolute Gasteiger partial charge is 0.181 e. The van der Waals surface area contributed by atoms with Gasteiger partial charge in [-0.1, -0.05) is 113 Å². The first-order valence-electron chi connectivity index (χ1n) is 21.8. The van der Waals surface area contributed by atoms with Crippen LogP contribution >= 0.6 is 0 Å². The van der Waals surface area contributed by atoms with Gasteiger partial charge in [-0.3, -0.25) is 0 Å². The largest absolute Gasteiger partial charge is 0.493 e. The van der Waals surface area contributed by atoms with E-state index in [2.05, 4.69) is 137 Å². The minimum Gasteiger partial charge on any atom is -0.493 e. The SMILES string of the molecule is CCCCOc1ccc(C2(c3ccccc3)C=Cc3c(ccc4ccc5c(c34)C=CC(c3ccccc3)(c3ccc(OCCCC)cc3OCCC)O5)O2)c(OCCC)c1. The fourth-order valence-corrected chi connectivity index (χ4v) is 8.17. The zero-order valence-corrected chi connectivity index (χ0v) is 35.4. The normalized spacial score (nSPS) is 17.6. The summed E-state index contributed by atoms with van der Waals surface area (Å²) in [5, 5.41) is 2.15. The Morgan fingerprint density at radius 1 is 0.450 bits per heavy atom. The van der Waals surface area contributed by atoms with Crippen LogP contribution < -0.4 is 28.4 Å². The number of ether oxygens (including phenoxy) is 6. The summed E-state index contributed by atoms with van der Waals surface area (Å²) in [4.78, 5) is 0. The van der Waals surface area contributed by atoms with E-state index in [1.807, 2.05) is 36.4 Å². The van der Waals surface area contributed by atoms with Gasteiger partial charge in [0.2, 0.25) is 0 Å². The first-order valence-corrected chi connectivity index (χ1v) is 21.8. The monoisotopic (exact) mass is 800 g/mol. The van der Waals surface area contributed by atoms with E-state index in [-0.39, 0.29) is 0 Å². The van der Waals surface area contributed by atoms with Crippen LogP contribution in [-0.4, -0.2) is 26.4 Å². The van der Waals surface area contributed by atoms with Gasteiger partial charge in [-0.15, -0.1) is 0 Å². The molecule has 2 aliphatic rings. The molecule has 0 N–H and O–H groups in total. The second-order valence-corrected chi connectivity index (χ2v) is 15.5. The van der Waals surface area contributed by atoms with E-state index >= 15 is 0 Å². The summed E-state index contributed by atoms with van der Waals surface area (Å²) >= 11 is 0. The molecular weight excluding hydrogens is 745 g/mol. The second kappa shape index (κ2) is 18.4. The summed E-state index contributed by atoms with van der Waals surface area (Å²) in [5.41, 5.74) is 3.90. The lowest BCUT2D eigenvalue weighted by Crippen LogP contribution is -2.35. The maximum Gasteiger partial charge on any atom is 0.181 e. The third-order valence-electron chi connectivity index (χ3n) is 11.3. The van der Waals surface area contributed by atoms with Crippen molar-refractivity contribution < 1.29 is 28.4 Å². The van der Waals surface area contributed by atoms with Crippen molar-refractivity contribution in [1.82, 2.24) is 0 Å². The van der Waals surface area contributed by atoms with Crippen LogP contribution in [0.5, 0.6) is 34.5 Å². The van der Waals surface area contributed by atoms with Gasteiger partial charge in [-0.25, -0.2) is 0 Å². The van der Waals surface area contributed by atoms with Gasteiger partial charge in [0.05, 0.1) is 26.4 Å². The summed E-state index contributed by atoms with van der Waals surface area (Å²) < 4.78 is 39.9. The van der Waals surface area contributed by atoms with E-state index in [1.54, 1.807) is 0 Å². The van der Waals surface area contributed by atoms with Crippen molar-refractivity contribution in [3.05, 3.63) is 167 Å². The summed E-state index contributed by atoms with van der Waals surface area (Å²) in [7, 11) is 0. The van der Waals surface area contributed by atoms with Crippen LogP contribution in [0, 0.1) is 0 Å². The molecule has 2 unspecified atom stereocenters. The summed E-state index contributed by atoms with van der Waals surface area (Å²) in [6, 6.07) is 41.5. The minimum absolute atomic E-state index is 0.577. The van der Waals surface area contributed by atoms with E-state index in [9.17, 15) is 0 Å². The summed E-state index contributed by atoms with van der Waals surface area (Å²) in [6.07, 6.45) is 14.7. The average molecular weight is 801 g/mol. The number of fused-ring (bicyclic) bond motifs is 5. The number of hydrogen-bond donors (Lipinski definition) is 0. The Hall–Kier alpha value is -6.14. The Morgan fingerprint density at radius 2 is 0.900 bits per heavy atom. The van der Waals surface area contributed by atoms with Gasteiger partial charge >= 0.3 is 0 Å². The Balaban J connectivity index is 1.24. The summed E-state index contributed by atoms with van der Waals surface area (Å²) in [6.45, 7) is 11.0. The van der Waals surface area contributed by atoms with E-state index in [1.165, 1.54) is 0 Å². The number of hydrogen-bond acceptors (Lipinski definition) is 6. The van der Waals surface area contributed by atoms with Crippen LogP contribution in [0.2, 0.25) is 0 Å². The van der Waals surface area contributed by atoms with Crippen molar-refractivity contribution in [3.63, 3.8) is 0 Å². The molecule has 0 saturated heterocycles. The van der Waals surface area contributed by atoms with Crippen LogP contribution in [0.4, 0.5) is 0 Å². The van der Waals surface area contributed by atoms with Crippen molar-refractivity contribution in [2.75, 3.05) is 26.4 Å². The third-order valence-corrected chi connectivity index (χ3v) is 11.3. The molecule has 0 aromatic heterocycles. The molecule has 6 nitrogen and oxygen atoms in total. The Morgan fingerprint density at radius 3 is 1.32 bits per heavy atom. The molecule has 6 heteroatoms. The highest BCUT2D eigenvalue weighted by molar-refractivity contribution is 6.02. The highest BCUT2D eigenvalue weighted by atomic mass is 16.5. The number of rotatable bonds is 18. The summed E-state index contributed by atoms with van der Waals surface area (Å²) in [5.74, 6) is 4.62. The molecule has 2 atom stereocenters. The third kappa shape index (κ3) is 7.95. The first kappa shape index (κ1) is 40.6. The second-order valence-electron chi connectivity index (χ2n) is 15.5. The van der Waals surface area contributed by atoms with E-state index < -0.39 is 11.2 Å². The van der Waals surface area contributed by atoms with Crippen molar-refractivity contribution in [2.45, 2.75) is 77.4 Å². The molecule has 2 heterocycles. The molecule has 60 heavy (non-hydrogen) atoms. The number of unbranched alkanes of at least 4 members (excludes halogenated alkanes) is 2. The van der Waals surface area contributed by atoms with E-state index in [0.29, 0.717) is 26.4 Å². The van der Waals surface area contributed by atoms with Gasteiger partial charge < -0.3 is 28.4 Å². The Labute approximate surface area is 355 Å². The fraction of sp³-hybridized carbons (Fsp3) is 0.296. The molecule has 0 fully saturated rings. The zero-order valence-electron chi connectivity index (χ0n) is 35.4. The Kier molecular flexibility index (Phi) is 12.5. The molecule has 0 bridgehead atoms. The highest BCUT2D eigenvalue weighted by Crippen LogP contribution is 2.51. The van der Waals surface area contributed by atoms with Crippen molar-refractivity contribution >= 4 is 22.9 Å². The fourth-order valence-electron chi connectivity index (χ4n) is 8.17. The standard InChI is InChI=1S/C54H56O6/c1-5-9-35-55-42-23-25-46(50(37-42)57-33-7-3)53(40-17-13-11-14-18-40)31-29-44-48(59-53)27-21-39-22-28-49-45(52(39)44)30-32-54(60-49,41-19-15-12-16-20-41)47-26-24-43(56-36-10-6-2)38-51(47)58-34-8-4/h11-32,37-38H,5-10,33-36H2,1-4H3. The van der Waals surface area contributed by atoms with Crippen LogP contribution in [0.25, 0.3) is 22.9 Å². The topological polar surface area (TPSA) is 55.4 Å². The maximum atomic E-state index is 7.33. The molecule has 2 aliphatic heterocycles. The van der Waals surface area contributed by atoms with Crippen LogP contribution in [0.3, 0.4) is 0 Å². The molecular formula is C54H56O6. The highest BCUT2D eigenvalue weighted by Gasteiger charge is 2.42. The van der Waals surface area contributed by atoms with Crippen LogP contribution in [0.1, 0.15) is 99.6 Å². The molecule has 0 aliphatic carbocycles. The zero-order chi connectivity index (χ0) is 41.4. The quantitative estimate of drug-likeness (QED) is 0.0807. The predicted octanol–water partition coefficient (Wildman–Crippen LogP) is 13.5. The predicted molar refractivity (Wildman–Crippen MR) is 243 cm³/mol. The van der Waals surface area contributed by atoms with Crippen molar-refractivity contribution in [3.8, 4) is 34.5 Å². The molecule has 0 saturated carbocycles. The van der Waals surface area contributed by atoms with Gasteiger partial charge in [-0.2, -0.15) is 0 Å². The Bertz CT molecular complexity index is 2290. The van der Waals surface area contributed by atoms with Gasteiger partial charge in [0.25, 0.3) is 0 Å². The molecule has 0 radical (unpaired) electrons. The van der Waals surface area contributed by atoms with Gasteiger partial charge in [0, 0.05) is 50.9 Å². The molecule has 0 amide bonds. The first-order chi connectivity index (χ1) is 29.5. The minimum atomic E-state index is -0.960. The average Bonchev–Trinajstić information content (AvgIpc) is 3.30. The molecule has 308 valence electrons. The lowest BCUT2D eigenvalue weighted by atomic mass is 9.81. The lowest BCUT2D eigenvalue weighted by Gasteiger charge is -2.38. The molecule has 6 aromatic rings. The molecule has 0 spiro atoms.